The van der Waals surface area contributed by atoms with Gasteiger partial charge < -0.3 is 10.2 Å². The molecule has 3 aromatic carbocycles. The van der Waals surface area contributed by atoms with E-state index in [0.717, 1.165) is 32.7 Å². The average molecular weight is 615 g/mol. The maximum atomic E-state index is 14.0. The number of anilines is 1. The summed E-state index contributed by atoms with van der Waals surface area (Å²) >= 11 is 3.39. The smallest absolute Gasteiger partial charge is 0.264 e. The maximum absolute atomic E-state index is 14.0. The number of hydrogen-bond acceptors (Lipinski definition) is 4. The molecule has 2 amide bonds. The molecule has 39 heavy (non-hydrogen) atoms. The van der Waals surface area contributed by atoms with Gasteiger partial charge in [-0.25, -0.2) is 8.42 Å². The molecule has 0 bridgehead atoms. The molecular weight excluding hydrogens is 578 g/mol. The normalized spacial score (nSPS) is 12.0. The van der Waals surface area contributed by atoms with Crippen molar-refractivity contribution in [1.29, 1.82) is 0 Å². The van der Waals surface area contributed by atoms with Crippen molar-refractivity contribution in [2.75, 3.05) is 17.4 Å². The Hall–Kier alpha value is -3.17. The summed E-state index contributed by atoms with van der Waals surface area (Å²) in [6, 6.07) is 22.0. The first-order valence-corrected chi connectivity index (χ1v) is 15.4. The second-order valence-corrected chi connectivity index (χ2v) is 12.2. The van der Waals surface area contributed by atoms with Crippen LogP contribution in [-0.4, -0.2) is 44.3 Å². The molecule has 208 valence electrons. The Balaban J connectivity index is 2.01. The quantitative estimate of drug-likeness (QED) is 0.251. The number of rotatable bonds is 13. The van der Waals surface area contributed by atoms with Crippen molar-refractivity contribution in [1.82, 2.24) is 10.2 Å². The van der Waals surface area contributed by atoms with Crippen molar-refractivity contribution in [3.8, 4) is 0 Å². The van der Waals surface area contributed by atoms with Crippen LogP contribution in [0.2, 0.25) is 0 Å². The zero-order chi connectivity index (χ0) is 28.4. The summed E-state index contributed by atoms with van der Waals surface area (Å²) in [6.07, 6.45) is 2.16. The van der Waals surface area contributed by atoms with Crippen LogP contribution in [0.15, 0.2) is 88.2 Å². The van der Waals surface area contributed by atoms with Gasteiger partial charge in [0.1, 0.15) is 12.6 Å². The van der Waals surface area contributed by atoms with Gasteiger partial charge in [0.25, 0.3) is 10.0 Å². The molecule has 1 N–H and O–H groups in total. The summed E-state index contributed by atoms with van der Waals surface area (Å²) in [5, 5.41) is 2.94. The molecule has 0 aliphatic rings. The van der Waals surface area contributed by atoms with E-state index in [0.29, 0.717) is 18.7 Å². The van der Waals surface area contributed by atoms with Crippen molar-refractivity contribution in [3.05, 3.63) is 94.5 Å². The Labute approximate surface area is 240 Å². The Morgan fingerprint density at radius 2 is 1.56 bits per heavy atom. The third-order valence-electron chi connectivity index (χ3n) is 6.41. The lowest BCUT2D eigenvalue weighted by atomic mass is 10.1. The number of halogens is 1. The van der Waals surface area contributed by atoms with E-state index in [2.05, 4.69) is 21.2 Å². The van der Waals surface area contributed by atoms with Crippen LogP contribution in [0, 0.1) is 6.92 Å². The lowest BCUT2D eigenvalue weighted by Gasteiger charge is -2.33. The number of carbonyl (C=O) groups excluding carboxylic acids is 2. The largest absolute Gasteiger partial charge is 0.354 e. The monoisotopic (exact) mass is 613 g/mol. The fourth-order valence-corrected chi connectivity index (χ4v) is 5.86. The Morgan fingerprint density at radius 1 is 0.923 bits per heavy atom. The highest BCUT2D eigenvalue weighted by molar-refractivity contribution is 9.10. The van der Waals surface area contributed by atoms with Crippen LogP contribution < -0.4 is 9.62 Å². The van der Waals surface area contributed by atoms with Crippen LogP contribution in [0.1, 0.15) is 44.2 Å². The first-order chi connectivity index (χ1) is 18.7. The van der Waals surface area contributed by atoms with E-state index >= 15 is 0 Å². The summed E-state index contributed by atoms with van der Waals surface area (Å²) in [7, 11) is -4.09. The molecule has 0 heterocycles. The van der Waals surface area contributed by atoms with E-state index in [1.54, 1.807) is 48.5 Å². The highest BCUT2D eigenvalue weighted by Crippen LogP contribution is 2.26. The van der Waals surface area contributed by atoms with Gasteiger partial charge in [-0.15, -0.1) is 0 Å². The molecule has 0 saturated carbocycles. The van der Waals surface area contributed by atoms with E-state index in [1.807, 2.05) is 51.1 Å². The van der Waals surface area contributed by atoms with Gasteiger partial charge in [-0.2, -0.15) is 0 Å². The third-order valence-corrected chi connectivity index (χ3v) is 8.73. The highest BCUT2D eigenvalue weighted by atomic mass is 79.9. The molecule has 1 atom stereocenters. The van der Waals surface area contributed by atoms with Crippen LogP contribution in [0.25, 0.3) is 0 Å². The SMILES string of the molecule is CCCCNC(=O)[C@H](CC)N(Cc1ccccc1)C(=O)CN(c1ccc(Br)cc1)S(=O)(=O)c1ccc(C)cc1. The molecule has 0 aliphatic heterocycles. The summed E-state index contributed by atoms with van der Waals surface area (Å²) in [5.74, 6) is -0.707. The maximum Gasteiger partial charge on any atom is 0.264 e. The Morgan fingerprint density at radius 3 is 2.15 bits per heavy atom. The van der Waals surface area contributed by atoms with Crippen molar-refractivity contribution in [2.45, 2.75) is 57.5 Å². The van der Waals surface area contributed by atoms with Gasteiger partial charge in [0.05, 0.1) is 10.6 Å². The molecule has 0 unspecified atom stereocenters. The minimum Gasteiger partial charge on any atom is -0.354 e. The van der Waals surface area contributed by atoms with Crippen LogP contribution in [-0.2, 0) is 26.2 Å². The minimum absolute atomic E-state index is 0.0859. The minimum atomic E-state index is -4.09. The lowest BCUT2D eigenvalue weighted by Crippen LogP contribution is -2.52. The van der Waals surface area contributed by atoms with Crippen molar-refractivity contribution in [3.63, 3.8) is 0 Å². The summed E-state index contributed by atoms with van der Waals surface area (Å²) < 4.78 is 29.6. The average Bonchev–Trinajstić information content (AvgIpc) is 2.93. The molecular formula is C30H36BrN3O4S. The summed E-state index contributed by atoms with van der Waals surface area (Å²) in [4.78, 5) is 28.8. The third kappa shape index (κ3) is 8.16. The second kappa shape index (κ2) is 14.3. The fraction of sp³-hybridized carbons (Fsp3) is 0.333. The fourth-order valence-electron chi connectivity index (χ4n) is 4.18. The van der Waals surface area contributed by atoms with Crippen LogP contribution >= 0.6 is 15.9 Å². The van der Waals surface area contributed by atoms with Crippen molar-refractivity contribution < 1.29 is 18.0 Å². The Kier molecular flexibility index (Phi) is 11.1. The molecule has 0 aliphatic carbocycles. The molecule has 0 radical (unpaired) electrons. The number of nitrogens with one attached hydrogen (secondary N) is 1. The van der Waals surface area contributed by atoms with Gasteiger partial charge in [0.15, 0.2) is 0 Å². The topological polar surface area (TPSA) is 86.8 Å². The van der Waals surface area contributed by atoms with Crippen LogP contribution in [0.4, 0.5) is 5.69 Å². The van der Waals surface area contributed by atoms with Crippen molar-refractivity contribution >= 4 is 43.5 Å². The number of amides is 2. The number of nitrogens with zero attached hydrogens (tertiary/aromatic N) is 2. The lowest BCUT2D eigenvalue weighted by molar-refractivity contribution is -0.140. The van der Waals surface area contributed by atoms with Crippen LogP contribution in [0.5, 0.6) is 0 Å². The molecule has 0 fully saturated rings. The molecule has 0 spiro atoms. The summed E-state index contributed by atoms with van der Waals surface area (Å²) in [5.41, 5.74) is 2.13. The van der Waals surface area contributed by atoms with E-state index in [9.17, 15) is 18.0 Å². The van der Waals surface area contributed by atoms with Crippen molar-refractivity contribution in [2.24, 2.45) is 0 Å². The molecule has 3 aromatic rings. The number of unbranched alkanes of at least 4 members (excludes halogenated alkanes) is 1. The number of hydrogen-bond donors (Lipinski definition) is 1. The first kappa shape index (κ1) is 30.4. The molecule has 9 heteroatoms. The summed E-state index contributed by atoms with van der Waals surface area (Å²) in [6.45, 7) is 6.02. The standard InChI is InChI=1S/C30H36BrN3O4S/c1-4-6-20-32-30(36)28(5-2)33(21-24-10-8-7-9-11-24)29(35)22-34(26-16-14-25(31)15-17-26)39(37,38)27-18-12-23(3)13-19-27/h7-19,28H,4-6,20-22H2,1-3H3,(H,32,36)/t28-/m0/s1. The molecule has 0 saturated heterocycles. The van der Waals surface area contributed by atoms with Crippen LogP contribution in [0.3, 0.4) is 0 Å². The van der Waals surface area contributed by atoms with Gasteiger partial charge in [0, 0.05) is 17.6 Å². The number of carbonyl (C=O) groups is 2. The molecule has 3 rings (SSSR count). The highest BCUT2D eigenvalue weighted by Gasteiger charge is 2.33. The predicted molar refractivity (Wildman–Crippen MR) is 159 cm³/mol. The first-order valence-electron chi connectivity index (χ1n) is 13.1. The number of benzene rings is 3. The van der Waals surface area contributed by atoms with Gasteiger partial charge in [0.2, 0.25) is 11.8 Å². The molecule has 7 nitrogen and oxygen atoms in total. The van der Waals surface area contributed by atoms with E-state index in [-0.39, 0.29) is 17.3 Å². The second-order valence-electron chi connectivity index (χ2n) is 9.38. The van der Waals surface area contributed by atoms with E-state index in [4.69, 9.17) is 0 Å². The van der Waals surface area contributed by atoms with Gasteiger partial charge in [-0.3, -0.25) is 13.9 Å². The van der Waals surface area contributed by atoms with E-state index < -0.39 is 28.5 Å². The molecule has 0 aromatic heterocycles. The number of aryl methyl sites for hydroxylation is 1. The van der Waals surface area contributed by atoms with Gasteiger partial charge in [-0.05, 0) is 61.7 Å². The number of sulfonamides is 1. The zero-order valence-electron chi connectivity index (χ0n) is 22.6. The zero-order valence-corrected chi connectivity index (χ0v) is 25.0. The Bertz CT molecular complexity index is 1330. The van der Waals surface area contributed by atoms with E-state index in [1.165, 1.54) is 4.90 Å². The van der Waals surface area contributed by atoms with Gasteiger partial charge in [-0.1, -0.05) is 84.2 Å². The van der Waals surface area contributed by atoms with Gasteiger partial charge >= 0.3 is 0 Å². The predicted octanol–water partition coefficient (Wildman–Crippen LogP) is 5.68.